The highest BCUT2D eigenvalue weighted by Crippen LogP contribution is 2.18. The molecular weight excluding hydrogens is 302 g/mol. The fraction of sp³-hybridized carbons (Fsp3) is 0.533. The third-order valence-electron chi connectivity index (χ3n) is 3.73. The molecule has 0 aliphatic carbocycles. The molecule has 1 N–H and O–H groups in total. The Morgan fingerprint density at radius 2 is 1.91 bits per heavy atom. The summed E-state index contributed by atoms with van der Waals surface area (Å²) >= 11 is 0. The Kier molecular flexibility index (Phi) is 5.42. The van der Waals surface area contributed by atoms with Gasteiger partial charge in [0.1, 0.15) is 0 Å². The summed E-state index contributed by atoms with van der Waals surface area (Å²) in [6.45, 7) is 5.92. The van der Waals surface area contributed by atoms with E-state index >= 15 is 0 Å². The Balaban J connectivity index is 1.90. The molecule has 1 saturated heterocycles. The van der Waals surface area contributed by atoms with Crippen molar-refractivity contribution in [1.82, 2.24) is 9.62 Å². The lowest BCUT2D eigenvalue weighted by atomic mass is 10.2. The predicted octanol–water partition coefficient (Wildman–Crippen LogP) is 0.583. The van der Waals surface area contributed by atoms with E-state index in [1.54, 1.807) is 0 Å². The topological polar surface area (TPSA) is 69.7 Å². The molecule has 0 atom stereocenters. The Bertz CT molecular complexity index is 623. The molecule has 1 aliphatic rings. The van der Waals surface area contributed by atoms with Gasteiger partial charge >= 0.3 is 0 Å². The van der Waals surface area contributed by atoms with Gasteiger partial charge in [0.05, 0.1) is 5.75 Å². The molecule has 0 bridgehead atoms. The van der Waals surface area contributed by atoms with Crippen LogP contribution in [0.1, 0.15) is 12.5 Å². The normalized spacial score (nSPS) is 16.5. The largest absolute Gasteiger partial charge is 0.369 e. The second-order valence-electron chi connectivity index (χ2n) is 5.52. The Morgan fingerprint density at radius 3 is 2.50 bits per heavy atom. The van der Waals surface area contributed by atoms with Gasteiger partial charge in [-0.2, -0.15) is 4.31 Å². The average molecular weight is 325 g/mol. The molecule has 0 radical (unpaired) electrons. The third kappa shape index (κ3) is 4.45. The van der Waals surface area contributed by atoms with E-state index in [-0.39, 0.29) is 18.2 Å². The fourth-order valence-electron chi connectivity index (χ4n) is 2.53. The van der Waals surface area contributed by atoms with Crippen molar-refractivity contribution < 1.29 is 13.2 Å². The van der Waals surface area contributed by atoms with Crippen LogP contribution in [0.4, 0.5) is 5.69 Å². The van der Waals surface area contributed by atoms with Gasteiger partial charge in [-0.1, -0.05) is 12.1 Å². The number of carbonyl (C=O) groups excluding carboxylic acids is 1. The maximum absolute atomic E-state index is 12.2. The van der Waals surface area contributed by atoms with Crippen LogP contribution in [-0.4, -0.2) is 57.1 Å². The Hall–Kier alpha value is -1.60. The molecule has 6 nitrogen and oxygen atoms in total. The van der Waals surface area contributed by atoms with Crippen LogP contribution in [0, 0.1) is 6.92 Å². The van der Waals surface area contributed by atoms with Crippen LogP contribution in [0.2, 0.25) is 0 Å². The summed E-state index contributed by atoms with van der Waals surface area (Å²) in [6, 6.07) is 8.22. The lowest BCUT2D eigenvalue weighted by Crippen LogP contribution is -2.50. The van der Waals surface area contributed by atoms with Crippen molar-refractivity contribution in [1.29, 1.82) is 0 Å². The Morgan fingerprint density at radius 1 is 1.23 bits per heavy atom. The minimum absolute atomic E-state index is 0.0446. The molecule has 2 rings (SSSR count). The molecule has 1 aliphatic heterocycles. The minimum atomic E-state index is -3.30. The summed E-state index contributed by atoms with van der Waals surface area (Å²) < 4.78 is 26.0. The number of hydrogen-bond acceptors (Lipinski definition) is 4. The molecule has 0 spiro atoms. The maximum atomic E-state index is 12.2. The molecule has 1 heterocycles. The third-order valence-corrected chi connectivity index (χ3v) is 5.60. The van der Waals surface area contributed by atoms with Gasteiger partial charge in [-0.15, -0.1) is 0 Å². The zero-order valence-corrected chi connectivity index (χ0v) is 13.9. The highest BCUT2D eigenvalue weighted by molar-refractivity contribution is 7.89. The van der Waals surface area contributed by atoms with Gasteiger partial charge in [-0.3, -0.25) is 4.79 Å². The summed E-state index contributed by atoms with van der Waals surface area (Å²) in [5.41, 5.74) is 2.33. The fourth-order valence-corrected chi connectivity index (χ4v) is 3.87. The van der Waals surface area contributed by atoms with Crippen molar-refractivity contribution >= 4 is 21.6 Å². The molecular formula is C15H23N3O3S. The van der Waals surface area contributed by atoms with Crippen molar-refractivity contribution in [2.45, 2.75) is 13.8 Å². The predicted molar refractivity (Wildman–Crippen MR) is 87.4 cm³/mol. The number of rotatable bonds is 5. The quantitative estimate of drug-likeness (QED) is 0.860. The van der Waals surface area contributed by atoms with E-state index in [0.29, 0.717) is 26.2 Å². The summed E-state index contributed by atoms with van der Waals surface area (Å²) in [5, 5.41) is 2.53. The van der Waals surface area contributed by atoms with Gasteiger partial charge in [0, 0.05) is 45.3 Å². The van der Waals surface area contributed by atoms with Gasteiger partial charge < -0.3 is 10.2 Å². The number of nitrogens with one attached hydrogen (secondary N) is 1. The van der Waals surface area contributed by atoms with Crippen molar-refractivity contribution in [2.75, 3.05) is 43.4 Å². The van der Waals surface area contributed by atoms with E-state index in [2.05, 4.69) is 16.3 Å². The summed E-state index contributed by atoms with van der Waals surface area (Å²) in [5.74, 6) is -0.253. The van der Waals surface area contributed by atoms with Gasteiger partial charge in [-0.05, 0) is 24.6 Å². The van der Waals surface area contributed by atoms with E-state index in [0.717, 1.165) is 5.69 Å². The van der Waals surface area contributed by atoms with Crippen LogP contribution in [0.25, 0.3) is 0 Å². The molecule has 1 fully saturated rings. The van der Waals surface area contributed by atoms with Crippen LogP contribution in [0.5, 0.6) is 0 Å². The average Bonchev–Trinajstić information content (AvgIpc) is 2.47. The van der Waals surface area contributed by atoms with Gasteiger partial charge in [-0.25, -0.2) is 8.42 Å². The zero-order chi connectivity index (χ0) is 16.2. The molecule has 122 valence electrons. The number of sulfonamides is 1. The van der Waals surface area contributed by atoms with Crippen molar-refractivity contribution in [3.8, 4) is 0 Å². The number of piperazine rings is 1. The summed E-state index contributed by atoms with van der Waals surface area (Å²) in [4.78, 5) is 13.0. The number of nitrogens with zero attached hydrogens (tertiary/aromatic N) is 2. The van der Waals surface area contributed by atoms with Crippen LogP contribution < -0.4 is 10.2 Å². The molecule has 1 amide bonds. The first-order chi connectivity index (χ1) is 10.4. The number of anilines is 1. The molecule has 1 aromatic rings. The highest BCUT2D eigenvalue weighted by Gasteiger charge is 2.26. The van der Waals surface area contributed by atoms with Gasteiger partial charge in [0.25, 0.3) is 0 Å². The maximum Gasteiger partial charge on any atom is 0.216 e. The van der Waals surface area contributed by atoms with Crippen molar-refractivity contribution in [3.05, 3.63) is 29.8 Å². The van der Waals surface area contributed by atoms with E-state index < -0.39 is 10.0 Å². The first kappa shape index (κ1) is 16.8. The van der Waals surface area contributed by atoms with Gasteiger partial charge in [0.15, 0.2) is 0 Å². The molecule has 0 saturated carbocycles. The summed E-state index contributed by atoms with van der Waals surface area (Å²) in [7, 11) is -3.30. The minimum Gasteiger partial charge on any atom is -0.369 e. The lowest BCUT2D eigenvalue weighted by molar-refractivity contribution is -0.118. The molecule has 0 unspecified atom stereocenters. The van der Waals surface area contributed by atoms with E-state index in [4.69, 9.17) is 0 Å². The van der Waals surface area contributed by atoms with Crippen LogP contribution in [0.3, 0.4) is 0 Å². The van der Waals surface area contributed by atoms with Crippen LogP contribution in [-0.2, 0) is 14.8 Å². The lowest BCUT2D eigenvalue weighted by Gasteiger charge is -2.35. The highest BCUT2D eigenvalue weighted by atomic mass is 32.2. The number of hydrogen-bond donors (Lipinski definition) is 1. The SMILES string of the molecule is CC(=O)NCCS(=O)(=O)N1CCN(c2cccc(C)c2)CC1. The molecule has 7 heteroatoms. The zero-order valence-electron chi connectivity index (χ0n) is 13.1. The van der Waals surface area contributed by atoms with Crippen LogP contribution in [0.15, 0.2) is 24.3 Å². The monoisotopic (exact) mass is 325 g/mol. The van der Waals surface area contributed by atoms with E-state index in [1.165, 1.54) is 16.8 Å². The van der Waals surface area contributed by atoms with E-state index in [1.807, 2.05) is 25.1 Å². The Labute approximate surface area is 132 Å². The second kappa shape index (κ2) is 7.11. The number of aryl methyl sites for hydroxylation is 1. The van der Waals surface area contributed by atoms with Crippen LogP contribution >= 0.6 is 0 Å². The standard InChI is InChI=1S/C15H23N3O3S/c1-13-4-3-5-15(12-13)17-7-9-18(10-8-17)22(20,21)11-6-16-14(2)19/h3-5,12H,6-11H2,1-2H3,(H,16,19). The second-order valence-corrected chi connectivity index (χ2v) is 7.61. The van der Waals surface area contributed by atoms with Crippen molar-refractivity contribution in [3.63, 3.8) is 0 Å². The summed E-state index contributed by atoms with van der Waals surface area (Å²) in [6.07, 6.45) is 0. The molecule has 0 aromatic heterocycles. The number of benzene rings is 1. The van der Waals surface area contributed by atoms with Gasteiger partial charge in [0.2, 0.25) is 15.9 Å². The number of carbonyl (C=O) groups is 1. The first-order valence-electron chi connectivity index (χ1n) is 7.42. The number of amides is 1. The smallest absolute Gasteiger partial charge is 0.216 e. The molecule has 1 aromatic carbocycles. The first-order valence-corrected chi connectivity index (χ1v) is 9.03. The van der Waals surface area contributed by atoms with Crippen molar-refractivity contribution in [2.24, 2.45) is 0 Å². The van der Waals surface area contributed by atoms with E-state index in [9.17, 15) is 13.2 Å². The molecule has 22 heavy (non-hydrogen) atoms.